The van der Waals surface area contributed by atoms with E-state index in [2.05, 4.69) is 6.58 Å². The molecule has 0 radical (unpaired) electrons. The van der Waals surface area contributed by atoms with Crippen LogP contribution in [0.5, 0.6) is 11.5 Å². The molecule has 0 unspecified atom stereocenters. The van der Waals surface area contributed by atoms with Crippen molar-refractivity contribution in [2.45, 2.75) is 9.79 Å². The quantitative estimate of drug-likeness (QED) is 0.569. The predicted molar refractivity (Wildman–Crippen MR) is 100 cm³/mol. The van der Waals surface area contributed by atoms with Gasteiger partial charge in [-0.1, -0.05) is 6.08 Å². The Hall–Kier alpha value is -2.12. The van der Waals surface area contributed by atoms with Crippen molar-refractivity contribution in [3.63, 3.8) is 0 Å². The lowest BCUT2D eigenvalue weighted by Crippen LogP contribution is -2.31. The fraction of sp³-hybridized carbons (Fsp3) is 0.222. The van der Waals surface area contributed by atoms with E-state index in [1.165, 1.54) is 4.31 Å². The van der Waals surface area contributed by atoms with Crippen LogP contribution in [0.1, 0.15) is 0 Å². The molecule has 3 rings (SSSR count). The molecule has 2 aromatic carbocycles. The molecule has 0 atom stereocenters. The number of nitrogens with zero attached hydrogens (tertiary/aromatic N) is 1. The van der Waals surface area contributed by atoms with Gasteiger partial charge in [-0.25, -0.2) is 8.42 Å². The van der Waals surface area contributed by atoms with E-state index in [9.17, 15) is 8.42 Å². The zero-order valence-electron chi connectivity index (χ0n) is 13.8. The lowest BCUT2D eigenvalue weighted by atomic mass is 10.2. The molecule has 0 aliphatic carbocycles. The Morgan fingerprint density at radius 1 is 1.12 bits per heavy atom. The molecule has 0 fully saturated rings. The monoisotopic (exact) mass is 377 g/mol. The van der Waals surface area contributed by atoms with E-state index >= 15 is 0 Å². The first kappa shape index (κ1) is 17.7. The van der Waals surface area contributed by atoms with Gasteiger partial charge >= 0.3 is 0 Å². The lowest BCUT2D eigenvalue weighted by Gasteiger charge is -2.25. The smallest absolute Gasteiger partial charge is 0.264 e. The molecule has 0 bridgehead atoms. The molecule has 0 saturated carbocycles. The first-order chi connectivity index (χ1) is 12.1. The molecule has 1 aliphatic rings. The molecular weight excluding hydrogens is 358 g/mol. The summed E-state index contributed by atoms with van der Waals surface area (Å²) in [5.74, 6) is 1.17. The Morgan fingerprint density at radius 3 is 2.44 bits per heavy atom. The van der Waals surface area contributed by atoms with Crippen LogP contribution in [0.3, 0.4) is 0 Å². The van der Waals surface area contributed by atoms with E-state index in [4.69, 9.17) is 9.47 Å². The number of fused-ring (bicyclic) bond motifs is 1. The van der Waals surface area contributed by atoms with Crippen molar-refractivity contribution in [1.82, 2.24) is 0 Å². The number of ether oxygens (including phenoxy) is 2. The molecule has 0 saturated heterocycles. The highest BCUT2D eigenvalue weighted by atomic mass is 32.2. The highest BCUT2D eigenvalue weighted by molar-refractivity contribution is 7.98. The summed E-state index contributed by atoms with van der Waals surface area (Å²) in [5.41, 5.74) is 0.512. The molecule has 132 valence electrons. The summed E-state index contributed by atoms with van der Waals surface area (Å²) in [5, 5.41) is 0. The van der Waals surface area contributed by atoms with Crippen LogP contribution in [0.2, 0.25) is 0 Å². The minimum absolute atomic E-state index is 0.159. The standard InChI is InChI=1S/C18H19NO4S2/c1-3-10-19(14-4-9-17-18(13-14)23-12-11-22-17)25(20,21)16-7-5-15(24-2)6-8-16/h3-9,13H,1,10-12H2,2H3. The van der Waals surface area contributed by atoms with E-state index in [1.54, 1.807) is 60.3 Å². The van der Waals surface area contributed by atoms with Crippen LogP contribution < -0.4 is 13.8 Å². The number of anilines is 1. The van der Waals surface area contributed by atoms with Crippen LogP contribution >= 0.6 is 11.8 Å². The minimum Gasteiger partial charge on any atom is -0.486 e. The summed E-state index contributed by atoms with van der Waals surface area (Å²) in [6, 6.07) is 12.0. The molecule has 0 amide bonds. The van der Waals surface area contributed by atoms with Gasteiger partial charge < -0.3 is 9.47 Å². The minimum atomic E-state index is -3.71. The maximum atomic E-state index is 13.1. The summed E-state index contributed by atoms with van der Waals surface area (Å²) >= 11 is 1.56. The molecule has 0 N–H and O–H groups in total. The van der Waals surface area contributed by atoms with Gasteiger partial charge in [-0.3, -0.25) is 4.31 Å². The first-order valence-electron chi connectivity index (χ1n) is 7.73. The van der Waals surface area contributed by atoms with Crippen LogP contribution in [0.15, 0.2) is 64.9 Å². The third-order valence-corrected chi connectivity index (χ3v) is 6.31. The Morgan fingerprint density at radius 2 is 1.80 bits per heavy atom. The molecule has 5 nitrogen and oxygen atoms in total. The van der Waals surface area contributed by atoms with Gasteiger partial charge in [0.2, 0.25) is 0 Å². The average Bonchev–Trinajstić information content (AvgIpc) is 2.65. The molecule has 1 aliphatic heterocycles. The number of thioether (sulfide) groups is 1. The van der Waals surface area contributed by atoms with Crippen molar-refractivity contribution in [2.24, 2.45) is 0 Å². The SMILES string of the molecule is C=CCN(c1ccc2c(c1)OCCO2)S(=O)(=O)c1ccc(SC)cc1. The number of benzene rings is 2. The van der Waals surface area contributed by atoms with E-state index in [0.717, 1.165) is 4.90 Å². The van der Waals surface area contributed by atoms with Crippen molar-refractivity contribution in [2.75, 3.05) is 30.3 Å². The average molecular weight is 377 g/mol. The normalized spacial score (nSPS) is 13.3. The van der Waals surface area contributed by atoms with Gasteiger partial charge in [0.1, 0.15) is 13.2 Å². The topological polar surface area (TPSA) is 55.8 Å². The fourth-order valence-corrected chi connectivity index (χ4v) is 4.36. The predicted octanol–water partition coefficient (Wildman–Crippen LogP) is 3.56. The lowest BCUT2D eigenvalue weighted by molar-refractivity contribution is 0.171. The Kier molecular flexibility index (Phi) is 5.24. The molecule has 25 heavy (non-hydrogen) atoms. The Bertz CT molecular complexity index is 863. The first-order valence-corrected chi connectivity index (χ1v) is 10.4. The van der Waals surface area contributed by atoms with Crippen LogP contribution in [-0.4, -0.2) is 34.4 Å². The Balaban J connectivity index is 2.00. The van der Waals surface area contributed by atoms with Crippen molar-refractivity contribution < 1.29 is 17.9 Å². The van der Waals surface area contributed by atoms with Crippen molar-refractivity contribution in [3.05, 3.63) is 55.1 Å². The molecule has 1 heterocycles. The zero-order chi connectivity index (χ0) is 17.9. The number of rotatable bonds is 6. The second-order valence-corrected chi connectivity index (χ2v) is 8.07. The summed E-state index contributed by atoms with van der Waals surface area (Å²) in [6.45, 7) is 4.78. The summed E-state index contributed by atoms with van der Waals surface area (Å²) in [7, 11) is -3.71. The van der Waals surface area contributed by atoms with Gasteiger partial charge in [0, 0.05) is 11.0 Å². The van der Waals surface area contributed by atoms with Gasteiger partial charge in [0.15, 0.2) is 11.5 Å². The van der Waals surface area contributed by atoms with Gasteiger partial charge in [-0.15, -0.1) is 18.3 Å². The van der Waals surface area contributed by atoms with Crippen LogP contribution in [-0.2, 0) is 10.0 Å². The van der Waals surface area contributed by atoms with Gasteiger partial charge in [-0.2, -0.15) is 0 Å². The largest absolute Gasteiger partial charge is 0.486 e. The fourth-order valence-electron chi connectivity index (χ4n) is 2.52. The van der Waals surface area contributed by atoms with Crippen molar-refractivity contribution >= 4 is 27.5 Å². The third kappa shape index (κ3) is 3.62. The van der Waals surface area contributed by atoms with Gasteiger partial charge in [0.25, 0.3) is 10.0 Å². The van der Waals surface area contributed by atoms with Gasteiger partial charge in [0.05, 0.1) is 17.1 Å². The Labute approximate surface area is 152 Å². The summed E-state index contributed by atoms with van der Waals surface area (Å²) < 4.78 is 38.6. The van der Waals surface area contributed by atoms with Crippen LogP contribution in [0.25, 0.3) is 0 Å². The van der Waals surface area contributed by atoms with E-state index in [1.807, 2.05) is 6.26 Å². The number of sulfonamides is 1. The summed E-state index contributed by atoms with van der Waals surface area (Å²) in [6.07, 6.45) is 3.51. The highest BCUT2D eigenvalue weighted by Gasteiger charge is 2.25. The molecule has 7 heteroatoms. The third-order valence-electron chi connectivity index (χ3n) is 3.76. The number of hydrogen-bond acceptors (Lipinski definition) is 5. The van der Waals surface area contributed by atoms with Crippen LogP contribution in [0.4, 0.5) is 5.69 Å². The van der Waals surface area contributed by atoms with Crippen molar-refractivity contribution in [1.29, 1.82) is 0 Å². The highest BCUT2D eigenvalue weighted by Crippen LogP contribution is 2.35. The van der Waals surface area contributed by atoms with E-state index < -0.39 is 10.0 Å². The number of hydrogen-bond donors (Lipinski definition) is 0. The maximum Gasteiger partial charge on any atom is 0.264 e. The molecular formula is C18H19NO4S2. The van der Waals surface area contributed by atoms with E-state index in [0.29, 0.717) is 30.4 Å². The molecule has 0 aromatic heterocycles. The second-order valence-electron chi connectivity index (χ2n) is 5.33. The van der Waals surface area contributed by atoms with E-state index in [-0.39, 0.29) is 11.4 Å². The summed E-state index contributed by atoms with van der Waals surface area (Å²) in [4.78, 5) is 1.25. The maximum absolute atomic E-state index is 13.1. The van der Waals surface area contributed by atoms with Crippen LogP contribution in [0, 0.1) is 0 Å². The molecule has 0 spiro atoms. The molecule has 2 aromatic rings. The van der Waals surface area contributed by atoms with Crippen molar-refractivity contribution in [3.8, 4) is 11.5 Å². The zero-order valence-corrected chi connectivity index (χ0v) is 15.5. The van der Waals surface area contributed by atoms with Gasteiger partial charge in [-0.05, 0) is 42.7 Å². The second kappa shape index (κ2) is 7.41.